The summed E-state index contributed by atoms with van der Waals surface area (Å²) in [5.74, 6) is 0.878. The number of hydrogen-bond acceptors (Lipinski definition) is 7. The maximum atomic E-state index is 12.1. The minimum atomic E-state index is -0.370. The molecule has 0 saturated heterocycles. The van der Waals surface area contributed by atoms with E-state index in [1.165, 1.54) is 12.4 Å². The molecule has 1 amide bonds. The van der Waals surface area contributed by atoms with E-state index in [4.69, 9.17) is 4.74 Å². The second kappa shape index (κ2) is 6.49. The van der Waals surface area contributed by atoms with Crippen LogP contribution in [0.1, 0.15) is 16.2 Å². The van der Waals surface area contributed by atoms with Crippen LogP contribution in [-0.2, 0) is 0 Å². The smallest absolute Gasteiger partial charge is 0.277 e. The summed E-state index contributed by atoms with van der Waals surface area (Å²) < 4.78 is 9.42. The predicted molar refractivity (Wildman–Crippen MR) is 86.6 cm³/mol. The van der Waals surface area contributed by atoms with Crippen molar-refractivity contribution in [3.05, 3.63) is 48.0 Å². The minimum absolute atomic E-state index is 0.230. The summed E-state index contributed by atoms with van der Waals surface area (Å²) >= 11 is 1.10. The number of aromatic nitrogens is 4. The van der Waals surface area contributed by atoms with E-state index in [9.17, 15) is 4.79 Å². The number of aryl methyl sites for hydroxylation is 1. The number of benzene rings is 1. The van der Waals surface area contributed by atoms with Gasteiger partial charge in [-0.15, -0.1) is 0 Å². The van der Waals surface area contributed by atoms with E-state index in [0.29, 0.717) is 11.0 Å². The molecule has 7 nitrogen and oxygen atoms in total. The maximum absolute atomic E-state index is 12.1. The Hall–Kier alpha value is -2.87. The standard InChI is InChI=1S/C15H13N5O2S/c1-9-7-17-12(8-16-9)14(21)19-15-18-13(20-23-15)10-4-3-5-11(6-10)22-2/h3-8H,1-2H3,(H,18,19,20,21). The molecule has 0 unspecified atom stereocenters. The third kappa shape index (κ3) is 3.49. The number of nitrogens with zero attached hydrogens (tertiary/aromatic N) is 4. The van der Waals surface area contributed by atoms with Crippen LogP contribution in [0, 0.1) is 6.92 Å². The van der Waals surface area contributed by atoms with Crippen LogP contribution in [0.5, 0.6) is 5.75 Å². The van der Waals surface area contributed by atoms with Gasteiger partial charge in [-0.2, -0.15) is 9.36 Å². The lowest BCUT2D eigenvalue weighted by Gasteiger charge is -2.01. The van der Waals surface area contributed by atoms with E-state index in [2.05, 4.69) is 24.6 Å². The molecule has 2 heterocycles. The van der Waals surface area contributed by atoms with Gasteiger partial charge in [-0.1, -0.05) is 12.1 Å². The molecule has 0 atom stereocenters. The summed E-state index contributed by atoms with van der Waals surface area (Å²) in [7, 11) is 1.60. The van der Waals surface area contributed by atoms with Crippen molar-refractivity contribution in [2.24, 2.45) is 0 Å². The van der Waals surface area contributed by atoms with E-state index in [1.807, 2.05) is 24.3 Å². The molecule has 0 aliphatic rings. The zero-order valence-corrected chi connectivity index (χ0v) is 13.3. The molecular weight excluding hydrogens is 314 g/mol. The zero-order chi connectivity index (χ0) is 16.2. The van der Waals surface area contributed by atoms with Gasteiger partial charge < -0.3 is 4.74 Å². The number of hydrogen-bond donors (Lipinski definition) is 1. The monoisotopic (exact) mass is 327 g/mol. The van der Waals surface area contributed by atoms with Crippen LogP contribution in [0.25, 0.3) is 11.4 Å². The van der Waals surface area contributed by atoms with Crippen molar-refractivity contribution < 1.29 is 9.53 Å². The number of carbonyl (C=O) groups is 1. The number of amides is 1. The molecule has 3 rings (SSSR count). The van der Waals surface area contributed by atoms with Gasteiger partial charge in [-0.05, 0) is 19.1 Å². The highest BCUT2D eigenvalue weighted by atomic mass is 32.1. The number of rotatable bonds is 4. The molecule has 0 spiro atoms. The third-order valence-electron chi connectivity index (χ3n) is 2.99. The molecule has 0 fully saturated rings. The molecule has 0 aliphatic carbocycles. The van der Waals surface area contributed by atoms with Crippen LogP contribution in [0.2, 0.25) is 0 Å². The van der Waals surface area contributed by atoms with Gasteiger partial charge >= 0.3 is 0 Å². The van der Waals surface area contributed by atoms with E-state index in [1.54, 1.807) is 14.0 Å². The van der Waals surface area contributed by atoms with Gasteiger partial charge in [-0.25, -0.2) is 4.98 Å². The van der Waals surface area contributed by atoms with Gasteiger partial charge in [0.1, 0.15) is 11.4 Å². The van der Waals surface area contributed by atoms with Crippen molar-refractivity contribution in [3.63, 3.8) is 0 Å². The molecule has 0 aliphatic heterocycles. The van der Waals surface area contributed by atoms with Gasteiger partial charge in [0.05, 0.1) is 19.0 Å². The van der Waals surface area contributed by atoms with E-state index < -0.39 is 0 Å². The van der Waals surface area contributed by atoms with Crippen molar-refractivity contribution in [3.8, 4) is 17.1 Å². The number of nitrogens with one attached hydrogen (secondary N) is 1. The first-order chi connectivity index (χ1) is 11.2. The molecule has 1 aromatic carbocycles. The average molecular weight is 327 g/mol. The summed E-state index contributed by atoms with van der Waals surface area (Å²) in [6, 6.07) is 7.41. The molecule has 0 bridgehead atoms. The van der Waals surface area contributed by atoms with Gasteiger partial charge in [0.25, 0.3) is 5.91 Å². The van der Waals surface area contributed by atoms with Crippen LogP contribution in [0.15, 0.2) is 36.7 Å². The Morgan fingerprint density at radius 3 is 2.87 bits per heavy atom. The molecule has 0 saturated carbocycles. The van der Waals surface area contributed by atoms with Crippen LogP contribution in [0.3, 0.4) is 0 Å². The molecule has 0 radical (unpaired) electrons. The Kier molecular flexibility index (Phi) is 4.24. The van der Waals surface area contributed by atoms with Gasteiger partial charge in [0.2, 0.25) is 5.13 Å². The van der Waals surface area contributed by atoms with Crippen molar-refractivity contribution >= 4 is 22.6 Å². The third-order valence-corrected chi connectivity index (χ3v) is 3.62. The maximum Gasteiger partial charge on any atom is 0.277 e. The van der Waals surface area contributed by atoms with Gasteiger partial charge in [0.15, 0.2) is 5.82 Å². The fraction of sp³-hybridized carbons (Fsp3) is 0.133. The number of anilines is 1. The lowest BCUT2D eigenvalue weighted by molar-refractivity contribution is 0.102. The SMILES string of the molecule is COc1cccc(-c2nsc(NC(=O)c3cnc(C)cn3)n2)c1. The second-order valence-electron chi connectivity index (χ2n) is 4.65. The van der Waals surface area contributed by atoms with Crippen LogP contribution >= 0.6 is 11.5 Å². The van der Waals surface area contributed by atoms with E-state index in [-0.39, 0.29) is 11.6 Å². The van der Waals surface area contributed by atoms with Gasteiger partial charge in [0, 0.05) is 23.3 Å². The lowest BCUT2D eigenvalue weighted by atomic mass is 10.2. The second-order valence-corrected chi connectivity index (χ2v) is 5.40. The fourth-order valence-corrected chi connectivity index (χ4v) is 2.41. The number of carbonyl (C=O) groups excluding carboxylic acids is 1. The lowest BCUT2D eigenvalue weighted by Crippen LogP contribution is -2.13. The summed E-state index contributed by atoms with van der Waals surface area (Å²) in [6.45, 7) is 1.81. The summed E-state index contributed by atoms with van der Waals surface area (Å²) in [5, 5.41) is 3.07. The Bertz CT molecular complexity index is 832. The first-order valence-electron chi connectivity index (χ1n) is 6.74. The quantitative estimate of drug-likeness (QED) is 0.792. The largest absolute Gasteiger partial charge is 0.497 e. The first kappa shape index (κ1) is 15.0. The van der Waals surface area contributed by atoms with E-state index >= 15 is 0 Å². The highest BCUT2D eigenvalue weighted by Crippen LogP contribution is 2.24. The van der Waals surface area contributed by atoms with Crippen LogP contribution in [-0.4, -0.2) is 32.3 Å². The number of ether oxygens (including phenoxy) is 1. The summed E-state index contributed by atoms with van der Waals surface area (Å²) in [6.07, 6.45) is 2.96. The van der Waals surface area contributed by atoms with Crippen molar-refractivity contribution in [1.29, 1.82) is 0 Å². The first-order valence-corrected chi connectivity index (χ1v) is 7.51. The summed E-state index contributed by atoms with van der Waals surface area (Å²) in [4.78, 5) is 24.5. The highest BCUT2D eigenvalue weighted by molar-refractivity contribution is 7.10. The highest BCUT2D eigenvalue weighted by Gasteiger charge is 2.12. The van der Waals surface area contributed by atoms with Crippen LogP contribution in [0.4, 0.5) is 5.13 Å². The minimum Gasteiger partial charge on any atom is -0.497 e. The topological polar surface area (TPSA) is 89.9 Å². The Morgan fingerprint density at radius 1 is 1.26 bits per heavy atom. The number of methoxy groups -OCH3 is 1. The van der Waals surface area contributed by atoms with Crippen molar-refractivity contribution in [2.75, 3.05) is 12.4 Å². The molecule has 23 heavy (non-hydrogen) atoms. The summed E-state index contributed by atoms with van der Waals surface area (Å²) in [5.41, 5.74) is 1.79. The Labute approximate surface area is 136 Å². The molecule has 2 aromatic heterocycles. The molecule has 8 heteroatoms. The normalized spacial score (nSPS) is 10.3. The van der Waals surface area contributed by atoms with E-state index in [0.717, 1.165) is 28.5 Å². The molecule has 1 N–H and O–H groups in total. The van der Waals surface area contributed by atoms with Crippen molar-refractivity contribution in [2.45, 2.75) is 6.92 Å². The fourth-order valence-electron chi connectivity index (χ4n) is 1.82. The Morgan fingerprint density at radius 2 is 2.13 bits per heavy atom. The molecular formula is C15H13N5O2S. The molecule has 3 aromatic rings. The van der Waals surface area contributed by atoms with Gasteiger partial charge in [-0.3, -0.25) is 15.1 Å². The average Bonchev–Trinajstić information content (AvgIpc) is 3.04. The predicted octanol–water partition coefficient (Wildman–Crippen LogP) is 2.56. The Balaban J connectivity index is 1.76. The zero-order valence-electron chi connectivity index (χ0n) is 12.5. The molecule has 116 valence electrons. The van der Waals surface area contributed by atoms with Crippen molar-refractivity contribution in [1.82, 2.24) is 19.3 Å². The van der Waals surface area contributed by atoms with Crippen LogP contribution < -0.4 is 10.1 Å².